The van der Waals surface area contributed by atoms with Crippen LogP contribution in [0.25, 0.3) is 5.69 Å². The molecule has 0 aliphatic carbocycles. The van der Waals surface area contributed by atoms with Crippen LogP contribution in [0.5, 0.6) is 0 Å². The second-order valence-electron chi connectivity index (χ2n) is 3.63. The molecule has 0 fully saturated rings. The molecule has 7 heteroatoms. The van der Waals surface area contributed by atoms with Crippen molar-refractivity contribution >= 4 is 6.29 Å². The number of pyridine rings is 1. The van der Waals surface area contributed by atoms with Crippen LogP contribution in [0.1, 0.15) is 21.7 Å². The molecule has 0 atom stereocenters. The van der Waals surface area contributed by atoms with Crippen LogP contribution in [-0.2, 0) is 6.18 Å². The van der Waals surface area contributed by atoms with Gasteiger partial charge in [0.1, 0.15) is 5.69 Å². The highest BCUT2D eigenvalue weighted by molar-refractivity contribution is 5.76. The van der Waals surface area contributed by atoms with Gasteiger partial charge in [0.25, 0.3) is 0 Å². The lowest BCUT2D eigenvalue weighted by molar-refractivity contribution is -0.141. The molecule has 0 bridgehead atoms. The molecule has 0 saturated carbocycles. The first-order valence-electron chi connectivity index (χ1n) is 4.97. The van der Waals surface area contributed by atoms with Gasteiger partial charge in [-0.15, -0.1) is 0 Å². The highest BCUT2D eigenvalue weighted by Crippen LogP contribution is 2.27. The maximum Gasteiger partial charge on any atom is 0.433 e. The fourth-order valence-corrected chi connectivity index (χ4v) is 1.41. The quantitative estimate of drug-likeness (QED) is 0.774. The molecule has 0 N–H and O–H groups in total. The van der Waals surface area contributed by atoms with E-state index >= 15 is 0 Å². The van der Waals surface area contributed by atoms with E-state index in [0.717, 1.165) is 12.3 Å². The molecule has 0 radical (unpaired) electrons. The number of halogens is 3. The Morgan fingerprint density at radius 2 is 2.06 bits per heavy atom. The molecule has 0 aromatic carbocycles. The summed E-state index contributed by atoms with van der Waals surface area (Å²) < 4.78 is 38.3. The number of nitrogens with zero attached hydrogens (tertiary/aromatic N) is 3. The summed E-state index contributed by atoms with van der Waals surface area (Å²) in [6.07, 6.45) is -1.33. The second kappa shape index (κ2) is 4.25. The summed E-state index contributed by atoms with van der Waals surface area (Å²) in [5.74, 6) is 0. The number of carbonyl (C=O) groups excluding carboxylic acids is 1. The summed E-state index contributed by atoms with van der Waals surface area (Å²) in [7, 11) is 0. The monoisotopic (exact) mass is 255 g/mol. The van der Waals surface area contributed by atoms with E-state index in [2.05, 4.69) is 10.1 Å². The summed E-state index contributed by atoms with van der Waals surface area (Å²) in [6.45, 7) is 1.64. The van der Waals surface area contributed by atoms with Crippen LogP contribution in [0.2, 0.25) is 0 Å². The molecular weight excluding hydrogens is 247 g/mol. The molecule has 2 rings (SSSR count). The van der Waals surface area contributed by atoms with E-state index < -0.39 is 11.9 Å². The van der Waals surface area contributed by atoms with Crippen molar-refractivity contribution in [2.75, 3.05) is 0 Å². The van der Waals surface area contributed by atoms with Gasteiger partial charge in [-0.05, 0) is 19.1 Å². The summed E-state index contributed by atoms with van der Waals surface area (Å²) in [6, 6.07) is 2.11. The van der Waals surface area contributed by atoms with Crippen LogP contribution in [0, 0.1) is 6.92 Å². The highest BCUT2D eigenvalue weighted by atomic mass is 19.4. The van der Waals surface area contributed by atoms with E-state index in [-0.39, 0.29) is 0 Å². The first-order chi connectivity index (χ1) is 8.41. The Labute approximate surface area is 100 Å². The number of aryl methyl sites for hydroxylation is 1. The normalized spacial score (nSPS) is 11.6. The van der Waals surface area contributed by atoms with Crippen LogP contribution in [0.4, 0.5) is 13.2 Å². The minimum absolute atomic E-state index is 0.360. The molecule has 18 heavy (non-hydrogen) atoms. The Balaban J connectivity index is 2.37. The molecule has 0 spiro atoms. The van der Waals surface area contributed by atoms with Crippen molar-refractivity contribution < 1.29 is 18.0 Å². The molecule has 0 aliphatic rings. The fourth-order valence-electron chi connectivity index (χ4n) is 1.41. The van der Waals surface area contributed by atoms with Gasteiger partial charge in [0.05, 0.1) is 23.1 Å². The van der Waals surface area contributed by atoms with Gasteiger partial charge in [0.2, 0.25) is 0 Å². The molecule has 4 nitrogen and oxygen atoms in total. The third-order valence-corrected chi connectivity index (χ3v) is 2.37. The van der Waals surface area contributed by atoms with Crippen LogP contribution < -0.4 is 0 Å². The van der Waals surface area contributed by atoms with Crippen molar-refractivity contribution in [2.24, 2.45) is 0 Å². The average Bonchev–Trinajstić information content (AvgIpc) is 2.69. The third-order valence-electron chi connectivity index (χ3n) is 2.37. The second-order valence-corrected chi connectivity index (χ2v) is 3.63. The van der Waals surface area contributed by atoms with Gasteiger partial charge in [0, 0.05) is 6.20 Å². The van der Waals surface area contributed by atoms with E-state index in [9.17, 15) is 18.0 Å². The number of hydrogen-bond donors (Lipinski definition) is 0. The Bertz CT molecular complexity index is 572. The lowest BCUT2D eigenvalue weighted by Crippen LogP contribution is -2.08. The maximum atomic E-state index is 12.3. The van der Waals surface area contributed by atoms with Gasteiger partial charge in [-0.25, -0.2) is 9.67 Å². The zero-order valence-corrected chi connectivity index (χ0v) is 9.27. The Morgan fingerprint density at radius 3 is 2.50 bits per heavy atom. The van der Waals surface area contributed by atoms with E-state index in [1.165, 1.54) is 16.9 Å². The van der Waals surface area contributed by atoms with Crippen LogP contribution in [-0.4, -0.2) is 21.1 Å². The van der Waals surface area contributed by atoms with Crippen molar-refractivity contribution in [3.63, 3.8) is 0 Å². The average molecular weight is 255 g/mol. The summed E-state index contributed by atoms with van der Waals surface area (Å²) in [5, 5.41) is 4.01. The summed E-state index contributed by atoms with van der Waals surface area (Å²) >= 11 is 0. The standard InChI is InChI=1S/C11H8F3N3O/c1-7-8(6-18)5-17(16-7)9-2-3-10(15-4-9)11(12,13)14/h2-6H,1H3. The predicted octanol–water partition coefficient (Wildman–Crippen LogP) is 2.41. The van der Waals surface area contributed by atoms with Gasteiger partial charge >= 0.3 is 6.18 Å². The molecule has 0 saturated heterocycles. The first kappa shape index (κ1) is 12.3. The SMILES string of the molecule is Cc1nn(-c2ccc(C(F)(F)F)nc2)cc1C=O. The smallest absolute Gasteiger partial charge is 0.298 e. The van der Waals surface area contributed by atoms with Gasteiger partial charge in [-0.2, -0.15) is 18.3 Å². The van der Waals surface area contributed by atoms with Gasteiger partial charge in [-0.1, -0.05) is 0 Å². The maximum absolute atomic E-state index is 12.3. The molecule has 2 aromatic rings. The number of aldehydes is 1. The minimum Gasteiger partial charge on any atom is -0.298 e. The molecule has 0 aliphatic heterocycles. The van der Waals surface area contributed by atoms with Gasteiger partial charge in [-0.3, -0.25) is 4.79 Å². The van der Waals surface area contributed by atoms with Gasteiger partial charge < -0.3 is 0 Å². The highest BCUT2D eigenvalue weighted by Gasteiger charge is 2.32. The van der Waals surface area contributed by atoms with Crippen molar-refractivity contribution in [3.8, 4) is 5.69 Å². The third kappa shape index (κ3) is 2.24. The topological polar surface area (TPSA) is 47.8 Å². The molecular formula is C11H8F3N3O. The fraction of sp³-hybridized carbons (Fsp3) is 0.182. The van der Waals surface area contributed by atoms with E-state index in [0.29, 0.717) is 23.2 Å². The van der Waals surface area contributed by atoms with Crippen molar-refractivity contribution in [1.82, 2.24) is 14.8 Å². The summed E-state index contributed by atoms with van der Waals surface area (Å²) in [5.41, 5.74) is 0.282. The van der Waals surface area contributed by atoms with Crippen LogP contribution in [0.15, 0.2) is 24.5 Å². The molecule has 2 heterocycles. The summed E-state index contributed by atoms with van der Waals surface area (Å²) in [4.78, 5) is 14.0. The van der Waals surface area contributed by atoms with Crippen molar-refractivity contribution in [2.45, 2.75) is 13.1 Å². The number of hydrogen-bond acceptors (Lipinski definition) is 3. The number of aromatic nitrogens is 3. The Hall–Kier alpha value is -2.18. The largest absolute Gasteiger partial charge is 0.433 e. The number of rotatable bonds is 2. The molecule has 0 unspecified atom stereocenters. The van der Waals surface area contributed by atoms with Crippen LogP contribution >= 0.6 is 0 Å². The van der Waals surface area contributed by atoms with Crippen LogP contribution in [0.3, 0.4) is 0 Å². The van der Waals surface area contributed by atoms with E-state index in [1.54, 1.807) is 6.92 Å². The van der Waals surface area contributed by atoms with E-state index in [4.69, 9.17) is 0 Å². The van der Waals surface area contributed by atoms with Gasteiger partial charge in [0.15, 0.2) is 6.29 Å². The zero-order chi connectivity index (χ0) is 13.3. The number of alkyl halides is 3. The lowest BCUT2D eigenvalue weighted by atomic mass is 10.3. The molecule has 94 valence electrons. The minimum atomic E-state index is -4.47. The first-order valence-corrected chi connectivity index (χ1v) is 4.97. The van der Waals surface area contributed by atoms with E-state index in [1.807, 2.05) is 0 Å². The molecule has 2 aromatic heterocycles. The predicted molar refractivity (Wildman–Crippen MR) is 56.5 cm³/mol. The Morgan fingerprint density at radius 1 is 1.33 bits per heavy atom. The zero-order valence-electron chi connectivity index (χ0n) is 9.27. The van der Waals surface area contributed by atoms with Crippen molar-refractivity contribution in [3.05, 3.63) is 41.5 Å². The molecule has 0 amide bonds. The lowest BCUT2D eigenvalue weighted by Gasteiger charge is -2.06. The number of carbonyl (C=O) groups is 1. The van der Waals surface area contributed by atoms with Crippen molar-refractivity contribution in [1.29, 1.82) is 0 Å². The Kier molecular flexibility index (Phi) is 2.90.